The highest BCUT2D eigenvalue weighted by atomic mass is 32.2. The third-order valence-electron chi connectivity index (χ3n) is 3.37. The van der Waals surface area contributed by atoms with Crippen molar-refractivity contribution in [2.45, 2.75) is 24.7 Å². The number of benzene rings is 2. The average molecular weight is 294 g/mol. The molecule has 0 aliphatic carbocycles. The van der Waals surface area contributed by atoms with E-state index >= 15 is 0 Å². The number of aromatic nitrogens is 2. The first kappa shape index (κ1) is 14.1. The fourth-order valence-corrected chi connectivity index (χ4v) is 3.15. The molecule has 3 rings (SSSR count). The number of unbranched alkanes of at least 4 members (excludes halogenated alkanes) is 1. The molecule has 0 aliphatic rings. The van der Waals surface area contributed by atoms with E-state index in [1.54, 1.807) is 0 Å². The van der Waals surface area contributed by atoms with Crippen LogP contribution in [-0.4, -0.2) is 15.7 Å². The number of nitrogens with zero attached hydrogens (tertiary/aromatic N) is 2. The Balaban J connectivity index is 1.81. The van der Waals surface area contributed by atoms with Crippen molar-refractivity contribution in [3.63, 3.8) is 0 Å². The summed E-state index contributed by atoms with van der Waals surface area (Å²) in [5, 5.41) is 0. The predicted molar refractivity (Wildman–Crippen MR) is 90.6 cm³/mol. The molecule has 0 radical (unpaired) electrons. The fraction of sp³-hybridized carbons (Fsp3) is 0.222. The smallest absolute Gasteiger partial charge is 0.0894 e. The van der Waals surface area contributed by atoms with Gasteiger partial charge in [-0.15, -0.1) is 11.8 Å². The van der Waals surface area contributed by atoms with Gasteiger partial charge in [0.15, 0.2) is 0 Å². The van der Waals surface area contributed by atoms with Crippen molar-refractivity contribution >= 4 is 22.8 Å². The number of rotatable bonds is 5. The Hall–Kier alpha value is -1.87. The SMILES string of the molecule is CCCCSc1ccc(-c2cnc3ccccc3n2)cc1. The number of hydrogen-bond acceptors (Lipinski definition) is 3. The highest BCUT2D eigenvalue weighted by Gasteiger charge is 2.03. The Kier molecular flexibility index (Phi) is 4.51. The molecule has 0 fully saturated rings. The van der Waals surface area contributed by atoms with Gasteiger partial charge in [-0.2, -0.15) is 0 Å². The van der Waals surface area contributed by atoms with Gasteiger partial charge in [0, 0.05) is 10.5 Å². The zero-order valence-corrected chi connectivity index (χ0v) is 12.9. The van der Waals surface area contributed by atoms with E-state index in [2.05, 4.69) is 41.2 Å². The van der Waals surface area contributed by atoms with E-state index in [4.69, 9.17) is 0 Å². The minimum atomic E-state index is 0.929. The summed E-state index contributed by atoms with van der Waals surface area (Å²) in [5.74, 6) is 1.19. The van der Waals surface area contributed by atoms with Crippen LogP contribution in [0.15, 0.2) is 59.6 Å². The molecular formula is C18H18N2S. The molecule has 0 bridgehead atoms. The first-order valence-electron chi connectivity index (χ1n) is 7.32. The number of hydrogen-bond donors (Lipinski definition) is 0. The van der Waals surface area contributed by atoms with Gasteiger partial charge >= 0.3 is 0 Å². The summed E-state index contributed by atoms with van der Waals surface area (Å²) in [6.07, 6.45) is 4.36. The van der Waals surface area contributed by atoms with E-state index < -0.39 is 0 Å². The molecule has 1 heterocycles. The zero-order chi connectivity index (χ0) is 14.5. The van der Waals surface area contributed by atoms with E-state index in [0.29, 0.717) is 0 Å². The summed E-state index contributed by atoms with van der Waals surface area (Å²) in [4.78, 5) is 10.5. The summed E-state index contributed by atoms with van der Waals surface area (Å²) in [6.45, 7) is 2.22. The number of thioether (sulfide) groups is 1. The maximum Gasteiger partial charge on any atom is 0.0894 e. The van der Waals surface area contributed by atoms with Gasteiger partial charge in [0.2, 0.25) is 0 Å². The van der Waals surface area contributed by atoms with E-state index in [-0.39, 0.29) is 0 Å². The molecule has 21 heavy (non-hydrogen) atoms. The lowest BCUT2D eigenvalue weighted by Gasteiger charge is -2.04. The van der Waals surface area contributed by atoms with Gasteiger partial charge in [-0.25, -0.2) is 4.98 Å². The minimum Gasteiger partial charge on any atom is -0.252 e. The van der Waals surface area contributed by atoms with Gasteiger partial charge in [-0.1, -0.05) is 37.6 Å². The molecule has 0 atom stereocenters. The van der Waals surface area contributed by atoms with Crippen LogP contribution in [0.3, 0.4) is 0 Å². The largest absolute Gasteiger partial charge is 0.252 e. The van der Waals surface area contributed by atoms with E-state index in [9.17, 15) is 0 Å². The summed E-state index contributed by atoms with van der Waals surface area (Å²) >= 11 is 1.92. The van der Waals surface area contributed by atoms with E-state index in [1.165, 1.54) is 23.5 Å². The second-order valence-corrected chi connectivity index (χ2v) is 6.14. The Bertz CT molecular complexity index is 723. The molecule has 0 saturated heterocycles. The van der Waals surface area contributed by atoms with Gasteiger partial charge in [0.1, 0.15) is 0 Å². The van der Waals surface area contributed by atoms with Crippen LogP contribution >= 0.6 is 11.8 Å². The molecule has 0 amide bonds. The molecular weight excluding hydrogens is 276 g/mol. The normalized spacial score (nSPS) is 10.9. The maximum atomic E-state index is 4.68. The van der Waals surface area contributed by atoms with Crippen LogP contribution in [0.2, 0.25) is 0 Å². The van der Waals surface area contributed by atoms with Crippen molar-refractivity contribution < 1.29 is 0 Å². The first-order chi connectivity index (χ1) is 10.4. The van der Waals surface area contributed by atoms with Crippen molar-refractivity contribution in [2.75, 3.05) is 5.75 Å². The van der Waals surface area contributed by atoms with Gasteiger partial charge in [0.05, 0.1) is 22.9 Å². The summed E-state index contributed by atoms with van der Waals surface area (Å²) in [7, 11) is 0. The molecule has 2 nitrogen and oxygen atoms in total. The molecule has 1 aromatic heterocycles. The third-order valence-corrected chi connectivity index (χ3v) is 4.46. The molecule has 106 valence electrons. The van der Waals surface area contributed by atoms with Gasteiger partial charge < -0.3 is 0 Å². The topological polar surface area (TPSA) is 25.8 Å². The standard InChI is InChI=1S/C18H18N2S/c1-2-3-12-21-15-10-8-14(9-11-15)18-13-19-16-6-4-5-7-17(16)20-18/h4-11,13H,2-3,12H2,1H3. The highest BCUT2D eigenvalue weighted by molar-refractivity contribution is 7.99. The van der Waals surface area contributed by atoms with Crippen LogP contribution in [0.25, 0.3) is 22.3 Å². The third kappa shape index (κ3) is 3.42. The molecule has 3 heteroatoms. The van der Waals surface area contributed by atoms with Gasteiger partial charge in [-0.05, 0) is 36.4 Å². The molecule has 0 unspecified atom stereocenters. The van der Waals surface area contributed by atoms with Crippen molar-refractivity contribution in [3.8, 4) is 11.3 Å². The van der Waals surface area contributed by atoms with Gasteiger partial charge in [-0.3, -0.25) is 4.98 Å². The monoisotopic (exact) mass is 294 g/mol. The number of para-hydroxylation sites is 2. The van der Waals surface area contributed by atoms with E-state index in [1.807, 2.05) is 42.2 Å². The lowest BCUT2D eigenvalue weighted by Crippen LogP contribution is -1.88. The second kappa shape index (κ2) is 6.72. The lowest BCUT2D eigenvalue weighted by molar-refractivity contribution is 0.896. The molecule has 0 aliphatic heterocycles. The van der Waals surface area contributed by atoms with Crippen molar-refractivity contribution in [1.29, 1.82) is 0 Å². The lowest BCUT2D eigenvalue weighted by atomic mass is 10.1. The van der Waals surface area contributed by atoms with Gasteiger partial charge in [0.25, 0.3) is 0 Å². The molecule has 0 saturated carbocycles. The summed E-state index contributed by atoms with van der Waals surface area (Å²) < 4.78 is 0. The van der Waals surface area contributed by atoms with Crippen molar-refractivity contribution in [3.05, 3.63) is 54.7 Å². The van der Waals surface area contributed by atoms with Crippen LogP contribution in [0.4, 0.5) is 0 Å². The maximum absolute atomic E-state index is 4.68. The Morgan fingerprint density at radius 2 is 1.71 bits per heavy atom. The predicted octanol–water partition coefficient (Wildman–Crippen LogP) is 5.19. The average Bonchev–Trinajstić information content (AvgIpc) is 2.55. The summed E-state index contributed by atoms with van der Waals surface area (Å²) in [5.41, 5.74) is 3.93. The van der Waals surface area contributed by atoms with Crippen LogP contribution in [-0.2, 0) is 0 Å². The van der Waals surface area contributed by atoms with Crippen molar-refractivity contribution in [1.82, 2.24) is 9.97 Å². The summed E-state index contributed by atoms with van der Waals surface area (Å²) in [6, 6.07) is 16.6. The number of fused-ring (bicyclic) bond motifs is 1. The van der Waals surface area contributed by atoms with Crippen LogP contribution in [0.5, 0.6) is 0 Å². The van der Waals surface area contributed by atoms with Crippen molar-refractivity contribution in [2.24, 2.45) is 0 Å². The quantitative estimate of drug-likeness (QED) is 0.478. The van der Waals surface area contributed by atoms with E-state index in [0.717, 1.165) is 22.3 Å². The Morgan fingerprint density at radius 3 is 2.48 bits per heavy atom. The molecule has 0 N–H and O–H groups in total. The van der Waals surface area contributed by atoms with Crippen LogP contribution < -0.4 is 0 Å². The fourth-order valence-electron chi connectivity index (χ4n) is 2.15. The first-order valence-corrected chi connectivity index (χ1v) is 8.30. The zero-order valence-electron chi connectivity index (χ0n) is 12.1. The molecule has 2 aromatic carbocycles. The minimum absolute atomic E-state index is 0.929. The molecule has 3 aromatic rings. The second-order valence-electron chi connectivity index (χ2n) is 4.97. The Labute approximate surface area is 129 Å². The highest BCUT2D eigenvalue weighted by Crippen LogP contribution is 2.24. The van der Waals surface area contributed by atoms with Crippen LogP contribution in [0, 0.1) is 0 Å². The Morgan fingerprint density at radius 1 is 0.952 bits per heavy atom. The van der Waals surface area contributed by atoms with Crippen LogP contribution in [0.1, 0.15) is 19.8 Å². The molecule has 0 spiro atoms.